The number of fused-ring (bicyclic) bond motifs is 1. The maximum atomic E-state index is 11.7. The molecule has 3 aromatic rings. The Labute approximate surface area is 123 Å². The van der Waals surface area contributed by atoms with E-state index in [0.29, 0.717) is 6.54 Å². The summed E-state index contributed by atoms with van der Waals surface area (Å²) in [6.45, 7) is 3.47. The second-order valence-electron chi connectivity index (χ2n) is 5.06. The molecule has 0 aliphatic heterocycles. The molecule has 3 rings (SSSR count). The van der Waals surface area contributed by atoms with Crippen LogP contribution < -0.4 is 10.9 Å². The van der Waals surface area contributed by atoms with Crippen LogP contribution in [0.15, 0.2) is 58.1 Å². The molecule has 0 unspecified atom stereocenters. The predicted octanol–water partition coefficient (Wildman–Crippen LogP) is 3.62. The quantitative estimate of drug-likeness (QED) is 0.777. The van der Waals surface area contributed by atoms with Gasteiger partial charge in [-0.2, -0.15) is 0 Å². The summed E-state index contributed by atoms with van der Waals surface area (Å²) in [5.41, 5.74) is 2.98. The molecule has 21 heavy (non-hydrogen) atoms. The molecule has 4 nitrogen and oxygen atoms in total. The average molecular weight is 282 g/mol. The van der Waals surface area contributed by atoms with Gasteiger partial charge in [-0.1, -0.05) is 25.1 Å². The number of furan rings is 1. The van der Waals surface area contributed by atoms with Crippen molar-refractivity contribution >= 4 is 16.7 Å². The Morgan fingerprint density at radius 3 is 2.90 bits per heavy atom. The third-order valence-electron chi connectivity index (χ3n) is 3.49. The number of aryl methyl sites for hydroxylation is 1. The van der Waals surface area contributed by atoms with Crippen molar-refractivity contribution < 1.29 is 4.42 Å². The lowest BCUT2D eigenvalue weighted by Crippen LogP contribution is -2.18. The Balaban J connectivity index is 1.78. The summed E-state index contributed by atoms with van der Waals surface area (Å²) in [7, 11) is 0. The summed E-state index contributed by atoms with van der Waals surface area (Å²) in [5, 5.41) is 4.46. The topological polar surface area (TPSA) is 47.2 Å². The molecule has 108 valence electrons. The highest BCUT2D eigenvalue weighted by Crippen LogP contribution is 2.21. The van der Waals surface area contributed by atoms with Crippen molar-refractivity contribution in [2.45, 2.75) is 26.4 Å². The Morgan fingerprint density at radius 2 is 2.05 bits per heavy atom. The van der Waals surface area contributed by atoms with E-state index in [1.165, 1.54) is 0 Å². The minimum absolute atomic E-state index is 0.0381. The number of hydrogen-bond donors (Lipinski definition) is 1. The summed E-state index contributed by atoms with van der Waals surface area (Å²) in [6.07, 6.45) is 4.59. The SMILES string of the molecule is CCCn1cc(NCc2coc3ccccc23)ccc1=O. The molecule has 0 radical (unpaired) electrons. The van der Waals surface area contributed by atoms with Crippen molar-refractivity contribution in [2.75, 3.05) is 5.32 Å². The normalized spacial score (nSPS) is 10.9. The van der Waals surface area contributed by atoms with Gasteiger partial charge in [0.1, 0.15) is 5.58 Å². The number of aromatic nitrogens is 1. The van der Waals surface area contributed by atoms with Gasteiger partial charge >= 0.3 is 0 Å². The summed E-state index contributed by atoms with van der Waals surface area (Å²) in [6, 6.07) is 11.4. The zero-order chi connectivity index (χ0) is 14.7. The average Bonchev–Trinajstić information content (AvgIpc) is 2.92. The van der Waals surface area contributed by atoms with Crippen LogP contribution in [0.5, 0.6) is 0 Å². The summed E-state index contributed by atoms with van der Waals surface area (Å²) >= 11 is 0. The number of rotatable bonds is 5. The van der Waals surface area contributed by atoms with E-state index in [-0.39, 0.29) is 5.56 Å². The molecule has 0 aliphatic rings. The fraction of sp³-hybridized carbons (Fsp3) is 0.235. The lowest BCUT2D eigenvalue weighted by molar-refractivity contribution is 0.611. The molecule has 2 heterocycles. The predicted molar refractivity (Wildman–Crippen MR) is 84.5 cm³/mol. The van der Waals surface area contributed by atoms with E-state index in [1.807, 2.05) is 36.5 Å². The number of hydrogen-bond acceptors (Lipinski definition) is 3. The zero-order valence-corrected chi connectivity index (χ0v) is 12.0. The van der Waals surface area contributed by atoms with Gasteiger partial charge in [-0.15, -0.1) is 0 Å². The first-order valence-electron chi connectivity index (χ1n) is 7.17. The number of pyridine rings is 1. The number of nitrogens with one attached hydrogen (secondary N) is 1. The van der Waals surface area contributed by atoms with Crippen LogP contribution in [-0.2, 0) is 13.1 Å². The monoisotopic (exact) mass is 282 g/mol. The molecule has 0 spiro atoms. The van der Waals surface area contributed by atoms with E-state index in [1.54, 1.807) is 16.9 Å². The van der Waals surface area contributed by atoms with Gasteiger partial charge in [-0.05, 0) is 18.6 Å². The fourth-order valence-electron chi connectivity index (χ4n) is 2.42. The molecular weight excluding hydrogens is 264 g/mol. The Bertz CT molecular complexity index is 802. The molecule has 2 aromatic heterocycles. The van der Waals surface area contributed by atoms with Gasteiger partial charge in [0.05, 0.1) is 12.0 Å². The Kier molecular flexibility index (Phi) is 3.77. The summed E-state index contributed by atoms with van der Waals surface area (Å²) in [5.74, 6) is 0. The maximum absolute atomic E-state index is 11.7. The first-order valence-corrected chi connectivity index (χ1v) is 7.17. The molecule has 0 fully saturated rings. The van der Waals surface area contributed by atoms with Crippen LogP contribution in [0.3, 0.4) is 0 Å². The van der Waals surface area contributed by atoms with Crippen LogP contribution in [0.1, 0.15) is 18.9 Å². The molecule has 1 N–H and O–H groups in total. The van der Waals surface area contributed by atoms with Crippen LogP contribution in [0.25, 0.3) is 11.0 Å². The van der Waals surface area contributed by atoms with Gasteiger partial charge in [-0.25, -0.2) is 0 Å². The molecule has 0 bridgehead atoms. The lowest BCUT2D eigenvalue weighted by atomic mass is 10.2. The minimum Gasteiger partial charge on any atom is -0.464 e. The highest BCUT2D eigenvalue weighted by atomic mass is 16.3. The first kappa shape index (κ1) is 13.5. The molecule has 0 amide bonds. The van der Waals surface area contributed by atoms with Gasteiger partial charge in [0, 0.05) is 36.3 Å². The third kappa shape index (κ3) is 2.84. The summed E-state index contributed by atoms with van der Waals surface area (Å²) in [4.78, 5) is 11.7. The fourth-order valence-corrected chi connectivity index (χ4v) is 2.42. The van der Waals surface area contributed by atoms with Gasteiger partial charge in [-0.3, -0.25) is 4.79 Å². The molecule has 0 saturated heterocycles. The van der Waals surface area contributed by atoms with E-state index in [2.05, 4.69) is 12.2 Å². The molecular formula is C17H18N2O2. The zero-order valence-electron chi connectivity index (χ0n) is 12.0. The largest absolute Gasteiger partial charge is 0.464 e. The van der Waals surface area contributed by atoms with E-state index >= 15 is 0 Å². The van der Waals surface area contributed by atoms with E-state index < -0.39 is 0 Å². The van der Waals surface area contributed by atoms with Crippen LogP contribution in [0.2, 0.25) is 0 Å². The number of anilines is 1. The van der Waals surface area contributed by atoms with Crippen molar-refractivity contribution in [3.63, 3.8) is 0 Å². The van der Waals surface area contributed by atoms with Gasteiger partial charge in [0.15, 0.2) is 0 Å². The van der Waals surface area contributed by atoms with E-state index in [9.17, 15) is 4.79 Å². The van der Waals surface area contributed by atoms with Crippen LogP contribution in [-0.4, -0.2) is 4.57 Å². The first-order chi connectivity index (χ1) is 10.3. The number of para-hydroxylation sites is 1. The van der Waals surface area contributed by atoms with Crippen LogP contribution >= 0.6 is 0 Å². The van der Waals surface area contributed by atoms with Crippen molar-refractivity contribution in [1.82, 2.24) is 4.57 Å². The van der Waals surface area contributed by atoms with E-state index in [4.69, 9.17) is 4.42 Å². The van der Waals surface area contributed by atoms with Gasteiger partial charge < -0.3 is 14.3 Å². The molecule has 0 atom stereocenters. The van der Waals surface area contributed by atoms with Crippen molar-refractivity contribution in [2.24, 2.45) is 0 Å². The van der Waals surface area contributed by atoms with E-state index in [0.717, 1.165) is 35.2 Å². The maximum Gasteiger partial charge on any atom is 0.250 e. The van der Waals surface area contributed by atoms with Gasteiger partial charge in [0.2, 0.25) is 0 Å². The molecule has 1 aromatic carbocycles. The number of nitrogens with zero attached hydrogens (tertiary/aromatic N) is 1. The standard InChI is InChI=1S/C17H18N2O2/c1-2-9-19-11-14(7-8-17(19)20)18-10-13-12-21-16-6-4-3-5-15(13)16/h3-8,11-12,18H,2,9-10H2,1H3. The Hall–Kier alpha value is -2.49. The second-order valence-corrected chi connectivity index (χ2v) is 5.06. The number of benzene rings is 1. The lowest BCUT2D eigenvalue weighted by Gasteiger charge is -2.09. The second kappa shape index (κ2) is 5.87. The van der Waals surface area contributed by atoms with Crippen LogP contribution in [0, 0.1) is 0 Å². The Morgan fingerprint density at radius 1 is 1.19 bits per heavy atom. The minimum atomic E-state index is 0.0381. The highest BCUT2D eigenvalue weighted by molar-refractivity contribution is 5.81. The van der Waals surface area contributed by atoms with Crippen LogP contribution in [0.4, 0.5) is 5.69 Å². The smallest absolute Gasteiger partial charge is 0.250 e. The summed E-state index contributed by atoms with van der Waals surface area (Å²) < 4.78 is 7.26. The molecule has 0 saturated carbocycles. The van der Waals surface area contributed by atoms with Crippen molar-refractivity contribution in [3.8, 4) is 0 Å². The molecule has 0 aliphatic carbocycles. The third-order valence-corrected chi connectivity index (χ3v) is 3.49. The molecule has 4 heteroatoms. The van der Waals surface area contributed by atoms with Gasteiger partial charge in [0.25, 0.3) is 5.56 Å². The highest BCUT2D eigenvalue weighted by Gasteiger charge is 2.05. The van der Waals surface area contributed by atoms with Crippen molar-refractivity contribution in [1.29, 1.82) is 0 Å². The van der Waals surface area contributed by atoms with Crippen molar-refractivity contribution in [3.05, 3.63) is 64.8 Å².